The van der Waals surface area contributed by atoms with Crippen LogP contribution >= 0.6 is 12.0 Å². The van der Waals surface area contributed by atoms with E-state index < -0.39 is 0 Å². The van der Waals surface area contributed by atoms with Gasteiger partial charge in [-0.3, -0.25) is 0 Å². The minimum absolute atomic E-state index is 0. The number of nitrogens with zero attached hydrogens (tertiary/aromatic N) is 2. The van der Waals surface area contributed by atoms with Crippen molar-refractivity contribution in [3.8, 4) is 11.5 Å². The van der Waals surface area contributed by atoms with E-state index in [2.05, 4.69) is 19.6 Å². The van der Waals surface area contributed by atoms with Crippen molar-refractivity contribution in [2.24, 2.45) is 10.2 Å². The third-order valence-corrected chi connectivity index (χ3v) is 4.27. The van der Waals surface area contributed by atoms with Gasteiger partial charge in [-0.15, -0.1) is 14.6 Å². The maximum absolute atomic E-state index is 10.6. The molecule has 0 saturated heterocycles. The summed E-state index contributed by atoms with van der Waals surface area (Å²) >= 11 is 0.634. The van der Waals surface area contributed by atoms with Crippen molar-refractivity contribution >= 4 is 39.9 Å². The van der Waals surface area contributed by atoms with E-state index in [1.54, 1.807) is 42.5 Å². The molecule has 0 bridgehead atoms. The Balaban J connectivity index is 0.00000136. The fraction of sp³-hybridized carbons (Fsp3) is 0.158. The molecule has 0 aliphatic heterocycles. The van der Waals surface area contributed by atoms with Crippen molar-refractivity contribution < 1.29 is 41.9 Å². The zero-order valence-corrected chi connectivity index (χ0v) is 17.6. The number of aryl methyl sites for hydroxylation is 1. The molecular weight excluding hydrogens is 446 g/mol. The largest absolute Gasteiger partial charge is 0.506 e. The average molecular weight is 467 g/mol. The second-order valence-corrected chi connectivity index (χ2v) is 6.18. The molecule has 0 spiro atoms. The number of rotatable bonds is 5. The number of hydrogen-bond donors (Lipinski definition) is 4. The molecule has 8 nitrogen and oxygen atoms in total. The van der Waals surface area contributed by atoms with Gasteiger partial charge >= 0.3 is 0 Å². The number of phenolic OH excluding ortho intramolecular Hbond substituents is 2. The van der Waals surface area contributed by atoms with Gasteiger partial charge in [0.05, 0.1) is 16.9 Å². The molecule has 0 unspecified atom stereocenters. The molecule has 0 heterocycles. The number of phenols is 2. The first kappa shape index (κ1) is 24.7. The van der Waals surface area contributed by atoms with Gasteiger partial charge in [-0.05, 0) is 42.1 Å². The first-order valence-corrected chi connectivity index (χ1v) is 9.15. The molecule has 0 amide bonds. The number of azo groups is 1. The van der Waals surface area contributed by atoms with E-state index in [0.717, 1.165) is 5.56 Å². The van der Waals surface area contributed by atoms with Gasteiger partial charge in [-0.2, -0.15) is 0 Å². The second-order valence-electron chi connectivity index (χ2n) is 5.44. The Bertz CT molecular complexity index is 1000. The number of anilines is 1. The Morgan fingerprint density at radius 1 is 1.03 bits per heavy atom. The smallest absolute Gasteiger partial charge is 0.154 e. The van der Waals surface area contributed by atoms with Gasteiger partial charge in [-0.25, -0.2) is 5.26 Å². The summed E-state index contributed by atoms with van der Waals surface area (Å²) in [6.45, 7) is 5.83. The number of benzene rings is 3. The number of aromatic hydroxyl groups is 2. The van der Waals surface area contributed by atoms with Crippen LogP contribution in [-0.2, 0) is 26.4 Å². The third kappa shape index (κ3) is 5.83. The van der Waals surface area contributed by atoms with E-state index >= 15 is 0 Å². The van der Waals surface area contributed by atoms with Crippen molar-refractivity contribution in [1.29, 1.82) is 0 Å². The van der Waals surface area contributed by atoms with E-state index in [9.17, 15) is 10.2 Å². The Morgan fingerprint density at radius 2 is 1.76 bits per heavy atom. The Labute approximate surface area is 182 Å². The van der Waals surface area contributed by atoms with Crippen molar-refractivity contribution in [2.75, 3.05) is 5.73 Å². The summed E-state index contributed by atoms with van der Waals surface area (Å²) in [6, 6.07) is 11.7. The molecule has 10 heteroatoms. The number of hydrogen-bond acceptors (Lipinski definition) is 9. The summed E-state index contributed by atoms with van der Waals surface area (Å²) in [5.41, 5.74) is 7.46. The maximum Gasteiger partial charge on any atom is 0.154 e. The number of nitrogens with two attached hydrogens (primary N) is 1. The molecule has 3 aromatic carbocycles. The molecule has 1 radical (unpaired) electrons. The zero-order valence-electron chi connectivity index (χ0n) is 15.9. The molecule has 0 aromatic heterocycles. The zero-order chi connectivity index (χ0) is 20.7. The van der Waals surface area contributed by atoms with E-state index in [4.69, 9.17) is 11.0 Å². The van der Waals surface area contributed by atoms with Crippen molar-refractivity contribution in [3.63, 3.8) is 0 Å². The summed E-state index contributed by atoms with van der Waals surface area (Å²) in [5, 5.41) is 41.7. The van der Waals surface area contributed by atoms with Crippen LogP contribution in [0.25, 0.3) is 10.8 Å². The topological polar surface area (TPSA) is 130 Å². The van der Waals surface area contributed by atoms with E-state index in [0.29, 0.717) is 33.4 Å². The number of fused-ring (bicyclic) bond motifs is 1. The molecule has 0 aliphatic carbocycles. The first-order chi connectivity index (χ1) is 13.5. The Hall–Kier alpha value is -2.33. The quantitative estimate of drug-likeness (QED) is 0.0904. The van der Waals surface area contributed by atoms with Crippen LogP contribution in [0.1, 0.15) is 19.4 Å². The minimum atomic E-state index is -0.208. The van der Waals surface area contributed by atoms with Crippen molar-refractivity contribution in [1.82, 2.24) is 0 Å². The van der Waals surface area contributed by atoms with Crippen LogP contribution in [-0.4, -0.2) is 15.5 Å². The van der Waals surface area contributed by atoms with Gasteiger partial charge < -0.3 is 15.9 Å². The minimum Gasteiger partial charge on any atom is -0.506 e. The van der Waals surface area contributed by atoms with Gasteiger partial charge in [0.2, 0.25) is 0 Å². The van der Waals surface area contributed by atoms with E-state index in [1.165, 1.54) is 0 Å². The summed E-state index contributed by atoms with van der Waals surface area (Å²) in [6.07, 6.45) is 0. The van der Waals surface area contributed by atoms with Crippen LogP contribution in [0.5, 0.6) is 11.5 Å². The van der Waals surface area contributed by atoms with Crippen LogP contribution in [0.4, 0.5) is 17.1 Å². The average Bonchev–Trinajstić information content (AvgIpc) is 2.68. The van der Waals surface area contributed by atoms with Crippen molar-refractivity contribution in [3.05, 3.63) is 48.0 Å². The van der Waals surface area contributed by atoms with Crippen LogP contribution in [0, 0.1) is 6.92 Å². The third-order valence-electron chi connectivity index (χ3n) is 3.65. The molecule has 5 N–H and O–H groups in total. The van der Waals surface area contributed by atoms with Gasteiger partial charge in [-0.1, -0.05) is 37.1 Å². The van der Waals surface area contributed by atoms with Crippen LogP contribution < -0.4 is 5.73 Å². The number of nitrogen functional groups attached to an aromatic ring is 1. The summed E-state index contributed by atoms with van der Waals surface area (Å²) in [7, 11) is 0. The van der Waals surface area contributed by atoms with E-state index in [-0.39, 0.29) is 39.9 Å². The van der Waals surface area contributed by atoms with Gasteiger partial charge in [0.25, 0.3) is 0 Å². The molecular formula is C19H21CuN3O5S. The monoisotopic (exact) mass is 466 g/mol. The molecule has 3 aromatic rings. The second kappa shape index (κ2) is 11.6. The summed E-state index contributed by atoms with van der Waals surface area (Å²) in [5.74, 6) is -0.252. The van der Waals surface area contributed by atoms with E-state index in [1.807, 2.05) is 20.8 Å². The molecule has 29 heavy (non-hydrogen) atoms. The van der Waals surface area contributed by atoms with Gasteiger partial charge in [0.1, 0.15) is 17.1 Å². The molecule has 0 aliphatic rings. The van der Waals surface area contributed by atoms with Crippen molar-refractivity contribution in [2.45, 2.75) is 25.7 Å². The van der Waals surface area contributed by atoms with Gasteiger partial charge in [0, 0.05) is 28.1 Å². The Morgan fingerprint density at radius 3 is 2.41 bits per heavy atom. The predicted molar refractivity (Wildman–Crippen MR) is 109 cm³/mol. The molecule has 0 atom stereocenters. The SMILES string of the molecule is CC.Cc1ccc(N=Nc2c(SOOO)cc3cccc(N)c3c2O)c(O)c1.[Cu]. The molecule has 0 fully saturated rings. The Kier molecular flexibility index (Phi) is 9.90. The standard InChI is InChI=1S/C17H15N3O5S.C2H6.Cu/c1-9-5-6-12(13(21)7-9)19-20-16-14(26-25-24-23)8-10-3-2-4-11(18)15(10)17(16)22;1-2;/h2-8,21-23H,18H2,1H3;1-2H3;. The fourth-order valence-corrected chi connectivity index (χ4v) is 2.96. The maximum atomic E-state index is 10.6. The summed E-state index contributed by atoms with van der Waals surface area (Å²) in [4.78, 5) is 0.324. The molecule has 3 rings (SSSR count). The molecule has 0 saturated carbocycles. The van der Waals surface area contributed by atoms with Crippen LogP contribution in [0.3, 0.4) is 0 Å². The summed E-state index contributed by atoms with van der Waals surface area (Å²) < 4.78 is 4.46. The van der Waals surface area contributed by atoms with Crippen LogP contribution in [0.2, 0.25) is 0 Å². The fourth-order valence-electron chi connectivity index (χ4n) is 2.46. The van der Waals surface area contributed by atoms with Crippen LogP contribution in [0.15, 0.2) is 57.6 Å². The normalized spacial score (nSPS) is 10.5. The first-order valence-electron chi connectivity index (χ1n) is 8.41. The molecule has 159 valence electrons. The van der Waals surface area contributed by atoms with Gasteiger partial charge in [0.15, 0.2) is 5.75 Å². The predicted octanol–water partition coefficient (Wildman–Crippen LogP) is 6.01.